The molecule has 1 aromatic carbocycles. The molecule has 0 aliphatic carbocycles. The molecule has 0 spiro atoms. The monoisotopic (exact) mass is 251 g/mol. The second-order valence-electron chi connectivity index (χ2n) is 3.87. The Morgan fingerprint density at radius 2 is 2.00 bits per heavy atom. The lowest BCUT2D eigenvalue weighted by atomic mass is 10.1. The van der Waals surface area contributed by atoms with Crippen molar-refractivity contribution in [2.24, 2.45) is 0 Å². The third-order valence-electron chi connectivity index (χ3n) is 2.31. The maximum atomic E-state index is 11.7. The van der Waals surface area contributed by atoms with E-state index < -0.39 is 11.9 Å². The Morgan fingerprint density at radius 1 is 1.28 bits per heavy atom. The van der Waals surface area contributed by atoms with Crippen molar-refractivity contribution in [1.82, 2.24) is 5.48 Å². The predicted molar refractivity (Wildman–Crippen MR) is 66.0 cm³/mol. The van der Waals surface area contributed by atoms with Gasteiger partial charge in [0.1, 0.15) is 6.61 Å². The fourth-order valence-corrected chi connectivity index (χ4v) is 1.34. The highest BCUT2D eigenvalue weighted by atomic mass is 16.7. The fraction of sp³-hybridized carbons (Fsp3) is 0.385. The number of hydrogen-bond acceptors (Lipinski definition) is 4. The van der Waals surface area contributed by atoms with Crippen molar-refractivity contribution in [1.29, 1.82) is 0 Å². The average Bonchev–Trinajstić information content (AvgIpc) is 2.36. The Bertz CT molecular complexity index is 443. The lowest BCUT2D eigenvalue weighted by Crippen LogP contribution is -2.30. The summed E-state index contributed by atoms with van der Waals surface area (Å²) in [5, 5.41) is 0. The molecular formula is C13H17NO4. The normalized spacial score (nSPS) is 9.94. The van der Waals surface area contributed by atoms with Crippen LogP contribution in [0.3, 0.4) is 0 Å². The van der Waals surface area contributed by atoms with Gasteiger partial charge >= 0.3 is 5.97 Å². The molecule has 0 aromatic heterocycles. The van der Waals surface area contributed by atoms with Crippen molar-refractivity contribution < 1.29 is 19.2 Å². The first-order valence-corrected chi connectivity index (χ1v) is 5.69. The first-order valence-electron chi connectivity index (χ1n) is 5.69. The van der Waals surface area contributed by atoms with Gasteiger partial charge in [-0.1, -0.05) is 17.7 Å². The molecule has 5 heteroatoms. The Balaban J connectivity index is 2.55. The van der Waals surface area contributed by atoms with Crippen molar-refractivity contribution in [3.63, 3.8) is 0 Å². The maximum absolute atomic E-state index is 11.7. The summed E-state index contributed by atoms with van der Waals surface area (Å²) in [6.07, 6.45) is 0. The zero-order valence-corrected chi connectivity index (χ0v) is 10.8. The highest BCUT2D eigenvalue weighted by Crippen LogP contribution is 2.11. The van der Waals surface area contributed by atoms with E-state index in [0.717, 1.165) is 11.1 Å². The molecule has 0 saturated carbocycles. The molecule has 1 rings (SSSR count). The number of hydroxylamine groups is 1. The summed E-state index contributed by atoms with van der Waals surface area (Å²) in [6.45, 7) is 5.76. The fourth-order valence-electron chi connectivity index (χ4n) is 1.34. The van der Waals surface area contributed by atoms with Crippen LogP contribution in [0.15, 0.2) is 18.2 Å². The van der Waals surface area contributed by atoms with Crippen LogP contribution >= 0.6 is 0 Å². The SMILES string of the molecule is CCOCC(=O)NOC(=O)c1cc(C)ccc1C. The summed E-state index contributed by atoms with van der Waals surface area (Å²) in [4.78, 5) is 27.6. The van der Waals surface area contributed by atoms with Crippen LogP contribution in [-0.2, 0) is 14.4 Å². The van der Waals surface area contributed by atoms with Crippen LogP contribution in [0.2, 0.25) is 0 Å². The standard InChI is InChI=1S/C13H17NO4/c1-4-17-8-12(15)14-18-13(16)11-7-9(2)5-6-10(11)3/h5-7H,4,8H2,1-3H3,(H,14,15). The Labute approximate surface area is 106 Å². The summed E-state index contributed by atoms with van der Waals surface area (Å²) in [6, 6.07) is 5.44. The van der Waals surface area contributed by atoms with Gasteiger partial charge in [-0.25, -0.2) is 4.79 Å². The quantitative estimate of drug-likeness (QED) is 0.824. The van der Waals surface area contributed by atoms with E-state index >= 15 is 0 Å². The molecule has 1 N–H and O–H groups in total. The second kappa shape index (κ2) is 6.76. The summed E-state index contributed by atoms with van der Waals surface area (Å²) in [5.74, 6) is -1.07. The van der Waals surface area contributed by atoms with E-state index in [0.29, 0.717) is 12.2 Å². The molecule has 5 nitrogen and oxygen atoms in total. The summed E-state index contributed by atoms with van der Waals surface area (Å²) in [5.41, 5.74) is 4.23. The van der Waals surface area contributed by atoms with Crippen molar-refractivity contribution in [2.45, 2.75) is 20.8 Å². The predicted octanol–water partition coefficient (Wildman–Crippen LogP) is 1.53. The smallest absolute Gasteiger partial charge is 0.363 e. The maximum Gasteiger partial charge on any atom is 0.363 e. The molecule has 98 valence electrons. The van der Waals surface area contributed by atoms with Gasteiger partial charge in [0.2, 0.25) is 0 Å². The van der Waals surface area contributed by atoms with E-state index in [1.807, 2.05) is 24.5 Å². The zero-order valence-electron chi connectivity index (χ0n) is 10.8. The van der Waals surface area contributed by atoms with Gasteiger partial charge < -0.3 is 9.57 Å². The molecule has 0 saturated heterocycles. The summed E-state index contributed by atoms with van der Waals surface area (Å²) >= 11 is 0. The summed E-state index contributed by atoms with van der Waals surface area (Å²) in [7, 11) is 0. The molecule has 0 fully saturated rings. The van der Waals surface area contributed by atoms with E-state index in [4.69, 9.17) is 9.57 Å². The number of benzene rings is 1. The molecule has 0 aliphatic heterocycles. The van der Waals surface area contributed by atoms with E-state index in [9.17, 15) is 9.59 Å². The first-order chi connectivity index (χ1) is 8.54. The van der Waals surface area contributed by atoms with E-state index in [-0.39, 0.29) is 6.61 Å². The van der Waals surface area contributed by atoms with Crippen LogP contribution in [-0.4, -0.2) is 25.1 Å². The molecule has 0 atom stereocenters. The lowest BCUT2D eigenvalue weighted by molar-refractivity contribution is -0.134. The molecule has 0 radical (unpaired) electrons. The van der Waals surface area contributed by atoms with Gasteiger partial charge in [0, 0.05) is 6.61 Å². The zero-order chi connectivity index (χ0) is 13.5. The minimum absolute atomic E-state index is 0.128. The van der Waals surface area contributed by atoms with Crippen LogP contribution in [0.25, 0.3) is 0 Å². The first kappa shape index (κ1) is 14.2. The second-order valence-corrected chi connectivity index (χ2v) is 3.87. The Kier molecular flexibility index (Phi) is 5.32. The Hall–Kier alpha value is -1.88. The van der Waals surface area contributed by atoms with Gasteiger partial charge in [0.15, 0.2) is 0 Å². The van der Waals surface area contributed by atoms with Crippen LogP contribution in [0, 0.1) is 13.8 Å². The number of hydrogen-bond donors (Lipinski definition) is 1. The molecular weight excluding hydrogens is 234 g/mol. The number of nitrogens with one attached hydrogen (secondary N) is 1. The molecule has 0 bridgehead atoms. The van der Waals surface area contributed by atoms with E-state index in [1.54, 1.807) is 19.9 Å². The van der Waals surface area contributed by atoms with Crippen LogP contribution < -0.4 is 5.48 Å². The van der Waals surface area contributed by atoms with E-state index in [1.165, 1.54) is 0 Å². The molecule has 0 aliphatic rings. The number of rotatable bonds is 4. The number of aryl methyl sites for hydroxylation is 2. The molecule has 1 amide bonds. The molecule has 0 unspecified atom stereocenters. The van der Waals surface area contributed by atoms with Crippen LogP contribution in [0.1, 0.15) is 28.4 Å². The topological polar surface area (TPSA) is 64.6 Å². The van der Waals surface area contributed by atoms with Crippen LogP contribution in [0.4, 0.5) is 0 Å². The average molecular weight is 251 g/mol. The van der Waals surface area contributed by atoms with Gasteiger partial charge in [0.25, 0.3) is 5.91 Å². The van der Waals surface area contributed by atoms with Crippen molar-refractivity contribution >= 4 is 11.9 Å². The number of carbonyl (C=O) groups is 2. The van der Waals surface area contributed by atoms with Crippen molar-refractivity contribution in [3.05, 3.63) is 34.9 Å². The minimum atomic E-state index is -0.582. The third-order valence-corrected chi connectivity index (χ3v) is 2.31. The highest BCUT2D eigenvalue weighted by Gasteiger charge is 2.12. The van der Waals surface area contributed by atoms with Gasteiger partial charge in [-0.15, -0.1) is 0 Å². The molecule has 18 heavy (non-hydrogen) atoms. The third kappa shape index (κ3) is 4.18. The van der Waals surface area contributed by atoms with Crippen molar-refractivity contribution in [3.8, 4) is 0 Å². The molecule has 1 aromatic rings. The van der Waals surface area contributed by atoms with Gasteiger partial charge in [-0.05, 0) is 32.4 Å². The number of amides is 1. The van der Waals surface area contributed by atoms with Gasteiger partial charge in [0.05, 0.1) is 5.56 Å². The van der Waals surface area contributed by atoms with Crippen molar-refractivity contribution in [2.75, 3.05) is 13.2 Å². The van der Waals surface area contributed by atoms with Gasteiger partial charge in [-0.3, -0.25) is 4.79 Å². The van der Waals surface area contributed by atoms with Gasteiger partial charge in [-0.2, -0.15) is 5.48 Å². The number of carbonyl (C=O) groups excluding carboxylic acids is 2. The van der Waals surface area contributed by atoms with E-state index in [2.05, 4.69) is 0 Å². The summed E-state index contributed by atoms with van der Waals surface area (Å²) < 4.78 is 4.87. The largest absolute Gasteiger partial charge is 0.372 e. The van der Waals surface area contributed by atoms with Crippen LogP contribution in [0.5, 0.6) is 0 Å². The lowest BCUT2D eigenvalue weighted by Gasteiger charge is -2.08. The number of ether oxygens (including phenoxy) is 1. The highest BCUT2D eigenvalue weighted by molar-refractivity contribution is 5.92. The molecule has 0 heterocycles. The Morgan fingerprint density at radius 3 is 2.67 bits per heavy atom. The minimum Gasteiger partial charge on any atom is -0.372 e.